The Labute approximate surface area is 708 Å². The first-order valence-electron chi connectivity index (χ1n) is 38.2. The molecule has 0 aromatic heterocycles. The fourth-order valence-electron chi connectivity index (χ4n) is 14.7. The number of hydrogen-bond acceptors (Lipinski definition) is 55. The summed E-state index contributed by atoms with van der Waals surface area (Å²) in [6.07, 6.45) is -110. The second kappa shape index (κ2) is 46.0. The van der Waals surface area contributed by atoms with Gasteiger partial charge in [-0.05, 0) is 0 Å². The maximum absolute atomic E-state index is 13.7. The fraction of sp³-hybridized carbons (Fsp3) is 0.952. The van der Waals surface area contributed by atoms with Crippen molar-refractivity contribution in [2.45, 2.75) is 289 Å². The number of carboxylic acids is 2. The second-order valence-electron chi connectivity index (χ2n) is 29.9. The third-order valence-electron chi connectivity index (χ3n) is 21.0. The van der Waals surface area contributed by atoms with E-state index in [9.17, 15) is 191 Å². The quantitative estimate of drug-likeness (QED) is 0.0252. The van der Waals surface area contributed by atoms with Gasteiger partial charge in [-0.2, -0.15) is 4.31 Å². The van der Waals surface area contributed by atoms with Crippen LogP contribution in [0.2, 0.25) is 0 Å². The van der Waals surface area contributed by atoms with E-state index in [2.05, 4.69) is 14.2 Å². The van der Waals surface area contributed by atoms with Crippen LogP contribution < -0.4 is 16.8 Å². The van der Waals surface area contributed by atoms with E-state index in [-0.39, 0.29) is 0 Å². The maximum Gasteiger partial charge on any atom is 0.481 e. The minimum Gasteiger partial charge on any atom is -0.477 e. The normalized spacial score (nSPS) is 44.4. The smallest absolute Gasteiger partial charge is 0.477 e. The Balaban J connectivity index is 1.22. The molecule has 8 saturated heterocycles. The molecule has 47 atom stereocenters. The zero-order chi connectivity index (χ0) is 94.2. The number of aliphatic carboxylic acids is 2. The zero-order valence-electron chi connectivity index (χ0n) is 65.6. The van der Waals surface area contributed by atoms with Gasteiger partial charge >= 0.3 is 35.4 Å². The Morgan fingerprint density at radius 1 is 0.437 bits per heavy atom. The van der Waals surface area contributed by atoms with Crippen LogP contribution in [0.5, 0.6) is 0 Å². The van der Waals surface area contributed by atoms with Gasteiger partial charge in [0.1, 0.15) is 208 Å². The number of aliphatic hydroxyl groups excluding tert-OH is 26. The molecule has 61 nitrogen and oxygen atoms in total. The molecule has 126 heavy (non-hydrogen) atoms. The van der Waals surface area contributed by atoms with E-state index < -0.39 is 402 Å². The number of aliphatic hydroxyl groups is 27. The molecule has 8 aliphatic heterocycles. The first-order chi connectivity index (χ1) is 59.0. The molecule has 736 valence electrons. The van der Waals surface area contributed by atoms with Crippen molar-refractivity contribution in [3.05, 3.63) is 0 Å². The van der Waals surface area contributed by atoms with Crippen LogP contribution in [0.3, 0.4) is 0 Å². The number of amides is 1. The van der Waals surface area contributed by atoms with Gasteiger partial charge in [0.05, 0.1) is 78.2 Å². The van der Waals surface area contributed by atoms with E-state index in [0.717, 1.165) is 6.92 Å². The van der Waals surface area contributed by atoms with E-state index >= 15 is 0 Å². The van der Waals surface area contributed by atoms with Crippen molar-refractivity contribution in [2.75, 3.05) is 79.2 Å². The summed E-state index contributed by atoms with van der Waals surface area (Å²) in [7, 11) is -17.8. The molecule has 8 aliphatic rings. The molecule has 0 aliphatic carbocycles. The molecule has 0 spiro atoms. The number of ether oxygens (including phenoxy) is 15. The van der Waals surface area contributed by atoms with Gasteiger partial charge in [-0.3, -0.25) is 22.9 Å². The summed E-state index contributed by atoms with van der Waals surface area (Å²) in [5, 5.41) is 327. The Bertz CT molecular complexity index is 3570. The summed E-state index contributed by atoms with van der Waals surface area (Å²) in [6.45, 7) is -13.3. The lowest BCUT2D eigenvalue weighted by Gasteiger charge is -2.53. The van der Waals surface area contributed by atoms with Gasteiger partial charge < -0.3 is 251 Å². The van der Waals surface area contributed by atoms with Crippen LogP contribution in [0, 0.1) is 0 Å². The molecule has 0 aromatic carbocycles. The van der Waals surface area contributed by atoms with Crippen LogP contribution in [0.25, 0.3) is 0 Å². The molecule has 37 N–H and O–H groups in total. The van der Waals surface area contributed by atoms with Crippen LogP contribution >= 0.6 is 23.5 Å². The Kier molecular flexibility index (Phi) is 39.6. The average Bonchev–Trinajstić information content (AvgIpc) is 0.752. The van der Waals surface area contributed by atoms with E-state index in [4.69, 9.17) is 96.1 Å². The van der Waals surface area contributed by atoms with Gasteiger partial charge in [0, 0.05) is 32.9 Å². The number of carbonyl (C=O) groups is 3. The lowest BCUT2D eigenvalue weighted by atomic mass is 9.88. The molecule has 8 rings (SSSR count). The highest BCUT2D eigenvalue weighted by atomic mass is 31.3. The molecular formula is C62H110N3O58P3. The SMILES string of the molecule is CC(=O)N[C@H]1[C@H]([C@H](O)[C@H](O)CO)O[C@@](O[C@H]2[C@@H](O)[C@@H](CO)O[C@@H](O[C@H]3[C@H](O)[C@@H](O)[C@H](O[C@@H]4[C@@H](O[C@@H]5[C@@H](O[C@@H]6[C@H](O)[C@@H](O[C@H]7[C@@H]([C@H](O)CO)O[C@@](O)(C(=O)O)C[C@H]7OP(=O)(O)OP(=O)(O)OCCN)O[C@H]([C@@H](O)CO)[C@H]6O[C@@H]6O[C@H](CO)[C@@H](O)[C@H](O)[C@H]6O)O[C@H]([C@H](CO)OP(=O)(O)OCCN)[C@@H](O)[C@@H]5O)O[C@H]([C@@H](O)CO)[C@@H](O)[C@@H]4O)O[C@@H]3CO)[C@@H]2O)(C(=O)O)C[C@@H]1O. The number of phosphoric acid groups is 3. The Morgan fingerprint density at radius 3 is 1.40 bits per heavy atom. The van der Waals surface area contributed by atoms with E-state index in [1.165, 1.54) is 0 Å². The minimum atomic E-state index is -6.37. The van der Waals surface area contributed by atoms with Crippen molar-refractivity contribution in [3.63, 3.8) is 0 Å². The molecule has 8 heterocycles. The largest absolute Gasteiger partial charge is 0.481 e. The van der Waals surface area contributed by atoms with Crippen LogP contribution in [0.4, 0.5) is 0 Å². The molecule has 0 aromatic rings. The van der Waals surface area contributed by atoms with Crippen molar-refractivity contribution < 1.29 is 284 Å². The predicted octanol–water partition coefficient (Wildman–Crippen LogP) is -20.9. The van der Waals surface area contributed by atoms with E-state index in [1.54, 1.807) is 0 Å². The average molecular weight is 1920 g/mol. The number of carboxylic acid groups (broad SMARTS) is 2. The number of carbonyl (C=O) groups excluding carboxylic acids is 1. The van der Waals surface area contributed by atoms with Crippen LogP contribution in [-0.2, 0) is 122 Å². The van der Waals surface area contributed by atoms with Crippen molar-refractivity contribution >= 4 is 41.3 Å². The third kappa shape index (κ3) is 25.0. The summed E-state index contributed by atoms with van der Waals surface area (Å²) in [5.74, 6) is -12.7. The van der Waals surface area contributed by atoms with Gasteiger partial charge in [0.25, 0.3) is 11.6 Å². The van der Waals surface area contributed by atoms with Crippen molar-refractivity contribution in [1.29, 1.82) is 0 Å². The molecule has 0 bridgehead atoms. The van der Waals surface area contributed by atoms with Crippen molar-refractivity contribution in [2.24, 2.45) is 11.5 Å². The van der Waals surface area contributed by atoms with Gasteiger partial charge in [-0.1, -0.05) is 0 Å². The first kappa shape index (κ1) is 108. The Morgan fingerprint density at radius 2 is 0.881 bits per heavy atom. The number of nitrogens with one attached hydrogen (secondary N) is 1. The third-order valence-corrected chi connectivity index (χ3v) is 24.8. The van der Waals surface area contributed by atoms with Crippen molar-refractivity contribution in [1.82, 2.24) is 5.32 Å². The lowest BCUT2D eigenvalue weighted by molar-refractivity contribution is -0.421. The first-order valence-corrected chi connectivity index (χ1v) is 42.7. The number of hydrogen-bond donors (Lipinski definition) is 35. The monoisotopic (exact) mass is 1920 g/mol. The fourth-order valence-corrected chi connectivity index (χ4v) is 17.9. The molecule has 64 heteroatoms. The standard InChI is InChI=1S/C62H110N3O58P3/c1-16(74)65-27-17(75)6-62(60(95)96,119-47(27)28(80)18(76)8-66)120-48-30(82)24(13-71)107-55(39(48)91)111-44-25(14-72)108-54(38(90)36(44)88)115-50-34(86)32(84)41(19(77)9-67)109-57(50)116-51-35(87)33(85)45(26(15-73)122-124(98,99)104-4-2-63)112-58(51)114-49-40(92)56(110-42(20(78)10-68)52(49)117-53-37(89)31(83)29(81)23(12-70)106-53)113-46-22(121-126(102,103)123-125(100,101)105-5-3-64)7-61(97,59(93)94)118-43(46)21(79)11-69/h17-58,66-73,75-92,97H,2-15,63-64H2,1H3,(H,65,74)(H,93,94)(H,95,96)(H,98,99)(H,100,101)(H,102,103)/t17-,18+,19-,20-,21+,22+,23+,24+,25+,26-,27+,28+,29+,30-,31-,32-,33-,34-,35-,36+,37+,38+,39+,40-,41+,42+,43+,44+,45+,46+,47+,48-,49+,50-,51-,52+,53-,54-,55-,56+,57+,58+,61+,62-/m0/s1. The number of nitrogens with two attached hydrogens (primary N) is 2. The summed E-state index contributed by atoms with van der Waals surface area (Å²) in [6, 6.07) is -1.79. The zero-order valence-corrected chi connectivity index (χ0v) is 68.3. The highest BCUT2D eigenvalue weighted by molar-refractivity contribution is 7.61. The van der Waals surface area contributed by atoms with Gasteiger partial charge in [-0.15, -0.1) is 0 Å². The summed E-state index contributed by atoms with van der Waals surface area (Å²) in [5.41, 5.74) is 10.7. The van der Waals surface area contributed by atoms with Gasteiger partial charge in [0.2, 0.25) is 5.91 Å². The lowest BCUT2D eigenvalue weighted by Crippen LogP contribution is -2.71. The molecule has 1 amide bonds. The molecule has 8 fully saturated rings. The summed E-state index contributed by atoms with van der Waals surface area (Å²) < 4.78 is 151. The number of rotatable bonds is 43. The van der Waals surface area contributed by atoms with Crippen LogP contribution in [-0.4, -0.2) is 529 Å². The second-order valence-corrected chi connectivity index (χ2v) is 34.3. The summed E-state index contributed by atoms with van der Waals surface area (Å²) in [4.78, 5) is 70.2. The molecule has 0 radical (unpaired) electrons. The molecular weight excluding hydrogens is 1810 g/mol. The topological polar surface area (TPSA) is 998 Å². The highest BCUT2D eigenvalue weighted by Gasteiger charge is 2.66. The van der Waals surface area contributed by atoms with E-state index in [0.29, 0.717) is 0 Å². The highest BCUT2D eigenvalue weighted by Crippen LogP contribution is 2.62. The molecule has 0 saturated carbocycles. The van der Waals surface area contributed by atoms with E-state index in [1.807, 2.05) is 0 Å². The van der Waals surface area contributed by atoms with Crippen LogP contribution in [0.1, 0.15) is 19.8 Å². The van der Waals surface area contributed by atoms with Gasteiger partial charge in [-0.25, -0.2) is 23.3 Å². The molecule has 3 unspecified atom stereocenters. The predicted molar refractivity (Wildman–Crippen MR) is 381 cm³/mol. The minimum absolute atomic E-state index is 0.516. The van der Waals surface area contributed by atoms with Crippen LogP contribution in [0.15, 0.2) is 0 Å². The van der Waals surface area contributed by atoms with Crippen molar-refractivity contribution in [3.8, 4) is 0 Å². The Hall–Kier alpha value is -2.98. The maximum atomic E-state index is 13.7. The number of phosphoric ester groups is 3. The summed E-state index contributed by atoms with van der Waals surface area (Å²) >= 11 is 0. The van der Waals surface area contributed by atoms with Gasteiger partial charge in [0.15, 0.2) is 37.7 Å².